The van der Waals surface area contributed by atoms with E-state index in [4.69, 9.17) is 0 Å². The average molecular weight is 382 g/mol. The van der Waals surface area contributed by atoms with Crippen LogP contribution in [0.5, 0.6) is 0 Å². The van der Waals surface area contributed by atoms with E-state index in [1.807, 2.05) is 0 Å². The van der Waals surface area contributed by atoms with Gasteiger partial charge in [0.2, 0.25) is 0 Å². The van der Waals surface area contributed by atoms with Gasteiger partial charge in [-0.15, -0.1) is 17.0 Å². The van der Waals surface area contributed by atoms with Crippen molar-refractivity contribution in [2.45, 2.75) is 25.8 Å². The molecule has 1 aliphatic rings. The molecule has 2 aromatic rings. The number of rotatable bonds is 2. The topological polar surface area (TPSA) is 73.1 Å². The summed E-state index contributed by atoms with van der Waals surface area (Å²) in [5.41, 5.74) is 0.457. The molecule has 0 unspecified atom stereocenters. The van der Waals surface area contributed by atoms with Crippen LogP contribution in [0.4, 0.5) is 0 Å². The largest absolute Gasteiger partial charge is 0.331 e. The van der Waals surface area contributed by atoms with Crippen LogP contribution in [0.25, 0.3) is 10.9 Å². The van der Waals surface area contributed by atoms with Crippen molar-refractivity contribution < 1.29 is 4.79 Å². The fraction of sp³-hybridized carbons (Fsp3) is 0.438. The fourth-order valence-corrected chi connectivity index (χ4v) is 3.09. The minimum atomic E-state index is -0.298. The molecule has 2 heterocycles. The predicted molar refractivity (Wildman–Crippen MR) is 94.9 cm³/mol. The number of halogens is 1. The summed E-state index contributed by atoms with van der Waals surface area (Å²) < 4.78 is 2.84. The molecule has 0 radical (unpaired) electrons. The van der Waals surface area contributed by atoms with Crippen molar-refractivity contribution in [3.8, 4) is 0 Å². The highest BCUT2D eigenvalue weighted by Gasteiger charge is 2.21. The van der Waals surface area contributed by atoms with Gasteiger partial charge in [0, 0.05) is 18.7 Å². The highest BCUT2D eigenvalue weighted by molar-refractivity contribution is 8.93. The van der Waals surface area contributed by atoms with Gasteiger partial charge < -0.3 is 5.32 Å². The molecular formula is C16H20BrN3O3. The van der Waals surface area contributed by atoms with Gasteiger partial charge in [0.05, 0.1) is 10.9 Å². The number of aryl methyl sites for hydroxylation is 1. The molecule has 0 saturated carbocycles. The zero-order valence-corrected chi connectivity index (χ0v) is 14.9. The Balaban J connectivity index is 0.00000192. The SMILES string of the molecule is Br.CC(=O)c1ccc2c(c1)c(=O)n(C1CCNCC1)c(=O)n2C. The molecule has 0 aliphatic carbocycles. The van der Waals surface area contributed by atoms with Crippen molar-refractivity contribution in [2.24, 2.45) is 7.05 Å². The van der Waals surface area contributed by atoms with Crippen LogP contribution in [0.2, 0.25) is 0 Å². The second-order valence-corrected chi connectivity index (χ2v) is 5.79. The van der Waals surface area contributed by atoms with Crippen molar-refractivity contribution in [3.63, 3.8) is 0 Å². The van der Waals surface area contributed by atoms with Crippen LogP contribution in [0.1, 0.15) is 36.2 Å². The third kappa shape index (κ3) is 3.03. The Hall–Kier alpha value is -1.73. The first-order chi connectivity index (χ1) is 10.5. The molecule has 124 valence electrons. The number of hydrogen-bond donors (Lipinski definition) is 1. The number of benzene rings is 1. The Labute approximate surface area is 143 Å². The highest BCUT2D eigenvalue weighted by Crippen LogP contribution is 2.17. The Morgan fingerprint density at radius 3 is 2.48 bits per heavy atom. The number of carbonyl (C=O) groups is 1. The number of fused-ring (bicyclic) bond motifs is 1. The van der Waals surface area contributed by atoms with Crippen LogP contribution in [-0.2, 0) is 7.05 Å². The molecule has 1 fully saturated rings. The van der Waals surface area contributed by atoms with Gasteiger partial charge in [-0.05, 0) is 51.1 Å². The van der Waals surface area contributed by atoms with Gasteiger partial charge in [-0.25, -0.2) is 4.79 Å². The lowest BCUT2D eigenvalue weighted by Gasteiger charge is -2.25. The van der Waals surface area contributed by atoms with E-state index in [1.165, 1.54) is 16.1 Å². The van der Waals surface area contributed by atoms with Crippen LogP contribution < -0.4 is 16.6 Å². The standard InChI is InChI=1S/C16H19N3O3.BrH/c1-10(20)11-3-4-14-13(9-11)15(21)19(16(22)18(14)2)12-5-7-17-8-6-12;/h3-4,9,12,17H,5-8H2,1-2H3;1H. The lowest BCUT2D eigenvalue weighted by atomic mass is 10.1. The van der Waals surface area contributed by atoms with E-state index in [1.54, 1.807) is 25.2 Å². The number of nitrogens with one attached hydrogen (secondary N) is 1. The summed E-state index contributed by atoms with van der Waals surface area (Å²) in [7, 11) is 1.66. The minimum absolute atomic E-state index is 0. The summed E-state index contributed by atoms with van der Waals surface area (Å²) >= 11 is 0. The first-order valence-electron chi connectivity index (χ1n) is 7.47. The number of aromatic nitrogens is 2. The van der Waals surface area contributed by atoms with Gasteiger partial charge in [0.1, 0.15) is 0 Å². The molecule has 0 bridgehead atoms. The van der Waals surface area contributed by atoms with E-state index >= 15 is 0 Å². The maximum atomic E-state index is 12.8. The number of nitrogens with zero attached hydrogens (tertiary/aromatic N) is 2. The van der Waals surface area contributed by atoms with Crippen LogP contribution in [0.3, 0.4) is 0 Å². The van der Waals surface area contributed by atoms with Crippen molar-refractivity contribution >= 4 is 33.7 Å². The summed E-state index contributed by atoms with van der Waals surface area (Å²) in [6, 6.07) is 4.83. The summed E-state index contributed by atoms with van der Waals surface area (Å²) in [5.74, 6) is -0.0939. The molecule has 1 aromatic carbocycles. The second kappa shape index (κ2) is 6.80. The van der Waals surface area contributed by atoms with Crippen LogP contribution in [0, 0.1) is 0 Å². The van der Waals surface area contributed by atoms with E-state index < -0.39 is 0 Å². The zero-order valence-electron chi connectivity index (χ0n) is 13.2. The zero-order chi connectivity index (χ0) is 15.9. The third-order valence-electron chi connectivity index (χ3n) is 4.38. The van der Waals surface area contributed by atoms with Gasteiger partial charge in [0.25, 0.3) is 5.56 Å². The number of hydrogen-bond acceptors (Lipinski definition) is 4. The molecule has 23 heavy (non-hydrogen) atoms. The van der Waals surface area contributed by atoms with Gasteiger partial charge in [-0.2, -0.15) is 0 Å². The minimum Gasteiger partial charge on any atom is -0.317 e. The predicted octanol–water partition coefficient (Wildman–Crippen LogP) is 1.41. The van der Waals surface area contributed by atoms with Gasteiger partial charge >= 0.3 is 5.69 Å². The van der Waals surface area contributed by atoms with E-state index in [-0.39, 0.29) is 40.1 Å². The number of Topliss-reactive ketones (excluding diaryl/α,β-unsaturated/α-hetero) is 1. The molecule has 0 amide bonds. The molecule has 1 saturated heterocycles. The number of carbonyl (C=O) groups excluding carboxylic acids is 1. The van der Waals surface area contributed by atoms with Crippen LogP contribution in [-0.4, -0.2) is 28.0 Å². The molecular weight excluding hydrogens is 362 g/mol. The Bertz CT molecular complexity index is 863. The lowest BCUT2D eigenvalue weighted by Crippen LogP contribution is -2.44. The smallest absolute Gasteiger partial charge is 0.317 e. The van der Waals surface area contributed by atoms with Crippen molar-refractivity contribution in [1.82, 2.24) is 14.5 Å². The van der Waals surface area contributed by atoms with Crippen molar-refractivity contribution in [1.29, 1.82) is 0 Å². The molecule has 7 heteroatoms. The maximum absolute atomic E-state index is 12.8. The second-order valence-electron chi connectivity index (χ2n) is 5.79. The quantitative estimate of drug-likeness (QED) is 0.798. The summed E-state index contributed by atoms with van der Waals surface area (Å²) in [6.07, 6.45) is 1.51. The molecule has 3 rings (SSSR count). The number of piperidine rings is 1. The fourth-order valence-electron chi connectivity index (χ4n) is 3.09. The first-order valence-corrected chi connectivity index (χ1v) is 7.47. The van der Waals surface area contributed by atoms with Gasteiger partial charge in [-0.3, -0.25) is 18.7 Å². The first kappa shape index (κ1) is 17.6. The number of ketones is 1. The van der Waals surface area contributed by atoms with Gasteiger partial charge in [-0.1, -0.05) is 0 Å². The van der Waals surface area contributed by atoms with E-state index in [2.05, 4.69) is 5.32 Å². The third-order valence-corrected chi connectivity index (χ3v) is 4.38. The summed E-state index contributed by atoms with van der Waals surface area (Å²) in [5, 5.41) is 3.65. The van der Waals surface area contributed by atoms with E-state index in [9.17, 15) is 14.4 Å². The summed E-state index contributed by atoms with van der Waals surface area (Å²) in [6.45, 7) is 3.06. The average Bonchev–Trinajstić information content (AvgIpc) is 2.53. The van der Waals surface area contributed by atoms with Gasteiger partial charge in [0.15, 0.2) is 5.78 Å². The molecule has 1 aromatic heterocycles. The van der Waals surface area contributed by atoms with E-state index in [0.29, 0.717) is 16.5 Å². The Morgan fingerprint density at radius 1 is 1.22 bits per heavy atom. The van der Waals surface area contributed by atoms with Crippen molar-refractivity contribution in [2.75, 3.05) is 13.1 Å². The van der Waals surface area contributed by atoms with Crippen LogP contribution in [0.15, 0.2) is 27.8 Å². The van der Waals surface area contributed by atoms with E-state index in [0.717, 1.165) is 25.9 Å². The maximum Gasteiger partial charge on any atom is 0.331 e. The Morgan fingerprint density at radius 2 is 1.87 bits per heavy atom. The molecule has 1 aliphatic heterocycles. The normalized spacial score (nSPS) is 15.4. The van der Waals surface area contributed by atoms with Crippen LogP contribution >= 0.6 is 17.0 Å². The van der Waals surface area contributed by atoms with Crippen molar-refractivity contribution in [3.05, 3.63) is 44.6 Å². The molecule has 1 N–H and O–H groups in total. The molecule has 6 nitrogen and oxygen atoms in total. The summed E-state index contributed by atoms with van der Waals surface area (Å²) in [4.78, 5) is 36.9. The lowest BCUT2D eigenvalue weighted by molar-refractivity contribution is 0.101. The molecule has 0 spiro atoms. The monoisotopic (exact) mass is 381 g/mol. The highest BCUT2D eigenvalue weighted by atomic mass is 79.9. The molecule has 0 atom stereocenters. The Kier molecular flexibility index (Phi) is 5.21.